The number of hydrogen-bond donors (Lipinski definition) is 1. The van der Waals surface area contributed by atoms with Crippen LogP contribution in [0.5, 0.6) is 0 Å². The zero-order valence-electron chi connectivity index (χ0n) is 12.4. The zero-order valence-corrected chi connectivity index (χ0v) is 13.1. The number of furan rings is 1. The molecule has 0 bridgehead atoms. The first-order valence-corrected chi connectivity index (χ1v) is 7.15. The second-order valence-electron chi connectivity index (χ2n) is 6.00. The molecule has 0 radical (unpaired) electrons. The molecular weight excluding hydrogens is 258 g/mol. The average Bonchev–Trinajstić information content (AvgIpc) is 2.71. The van der Waals surface area contributed by atoms with E-state index in [0.717, 1.165) is 24.4 Å². The Balaban J connectivity index is 2.74. The molecule has 0 saturated heterocycles. The van der Waals surface area contributed by atoms with Gasteiger partial charge in [-0.3, -0.25) is 0 Å². The monoisotopic (exact) mass is 279 g/mol. The highest BCUT2D eigenvalue weighted by molar-refractivity contribution is 6.35. The highest BCUT2D eigenvalue weighted by Crippen LogP contribution is 2.39. The van der Waals surface area contributed by atoms with Gasteiger partial charge in [0.2, 0.25) is 0 Å². The van der Waals surface area contributed by atoms with E-state index < -0.39 is 0 Å². The molecule has 0 aliphatic rings. The minimum atomic E-state index is 0.0332. The molecule has 0 spiro atoms. The molecule has 1 aromatic heterocycles. The minimum absolute atomic E-state index is 0.0332. The lowest BCUT2D eigenvalue weighted by Crippen LogP contribution is -2.18. The first-order chi connectivity index (χ1) is 8.86. The zero-order chi connectivity index (χ0) is 14.2. The topological polar surface area (TPSA) is 25.2 Å². The van der Waals surface area contributed by atoms with Gasteiger partial charge in [0.1, 0.15) is 5.76 Å². The third kappa shape index (κ3) is 2.65. The highest BCUT2D eigenvalue weighted by atomic mass is 35.5. The summed E-state index contributed by atoms with van der Waals surface area (Å²) in [6.07, 6.45) is 0. The Hall–Kier alpha value is -0.990. The van der Waals surface area contributed by atoms with E-state index in [1.165, 1.54) is 16.5 Å². The lowest BCUT2D eigenvalue weighted by atomic mass is 9.83. The summed E-state index contributed by atoms with van der Waals surface area (Å²) < 4.78 is 6.04. The molecule has 2 aromatic rings. The highest BCUT2D eigenvalue weighted by Gasteiger charge is 2.26. The van der Waals surface area contributed by atoms with E-state index in [-0.39, 0.29) is 5.41 Å². The van der Waals surface area contributed by atoms with Gasteiger partial charge in [-0.05, 0) is 30.5 Å². The van der Waals surface area contributed by atoms with Gasteiger partial charge in [0.15, 0.2) is 5.58 Å². The SMILES string of the molecule is CCNCc1oc2c(Cl)ccc(C)c2c1C(C)(C)C. The van der Waals surface area contributed by atoms with Crippen molar-refractivity contribution < 1.29 is 4.42 Å². The van der Waals surface area contributed by atoms with E-state index in [1.54, 1.807) is 0 Å². The van der Waals surface area contributed by atoms with Gasteiger partial charge in [0.05, 0.1) is 11.6 Å². The number of aryl methyl sites for hydroxylation is 1. The van der Waals surface area contributed by atoms with Crippen LogP contribution < -0.4 is 5.32 Å². The van der Waals surface area contributed by atoms with Crippen molar-refractivity contribution in [2.24, 2.45) is 0 Å². The fourth-order valence-corrected chi connectivity index (χ4v) is 2.73. The van der Waals surface area contributed by atoms with Crippen molar-refractivity contribution in [3.8, 4) is 0 Å². The standard InChI is InChI=1S/C16H22ClNO/c1-6-18-9-12-14(16(3,4)5)13-10(2)7-8-11(17)15(13)19-12/h7-8,18H,6,9H2,1-5H3. The van der Waals surface area contributed by atoms with E-state index in [9.17, 15) is 0 Å². The van der Waals surface area contributed by atoms with Crippen LogP contribution in [0.4, 0.5) is 0 Å². The molecule has 0 fully saturated rings. The van der Waals surface area contributed by atoms with E-state index >= 15 is 0 Å². The smallest absolute Gasteiger partial charge is 0.153 e. The molecule has 0 unspecified atom stereocenters. The molecule has 0 aliphatic heterocycles. The molecule has 3 heteroatoms. The van der Waals surface area contributed by atoms with Crippen molar-refractivity contribution in [1.82, 2.24) is 5.32 Å². The van der Waals surface area contributed by atoms with Crippen LogP contribution in [-0.2, 0) is 12.0 Å². The van der Waals surface area contributed by atoms with E-state index in [1.807, 2.05) is 6.07 Å². The van der Waals surface area contributed by atoms with Crippen LogP contribution in [-0.4, -0.2) is 6.54 Å². The predicted octanol–water partition coefficient (Wildman–Crippen LogP) is 4.80. The van der Waals surface area contributed by atoms with Gasteiger partial charge < -0.3 is 9.73 Å². The second-order valence-corrected chi connectivity index (χ2v) is 6.41. The van der Waals surface area contributed by atoms with Gasteiger partial charge in [0.25, 0.3) is 0 Å². The second kappa shape index (κ2) is 5.18. The predicted molar refractivity (Wildman–Crippen MR) is 82.0 cm³/mol. The summed E-state index contributed by atoms with van der Waals surface area (Å²) in [4.78, 5) is 0. The molecule has 2 rings (SSSR count). The van der Waals surface area contributed by atoms with Crippen LogP contribution in [0, 0.1) is 6.92 Å². The van der Waals surface area contributed by atoms with Crippen LogP contribution in [0.15, 0.2) is 16.5 Å². The number of nitrogens with one attached hydrogen (secondary N) is 1. The molecule has 1 N–H and O–H groups in total. The van der Waals surface area contributed by atoms with Crippen molar-refractivity contribution in [1.29, 1.82) is 0 Å². The first kappa shape index (κ1) is 14.4. The number of fused-ring (bicyclic) bond motifs is 1. The summed E-state index contributed by atoms with van der Waals surface area (Å²) in [6.45, 7) is 12.5. The van der Waals surface area contributed by atoms with E-state index in [4.69, 9.17) is 16.0 Å². The Morgan fingerprint density at radius 1 is 1.26 bits per heavy atom. The Kier molecular flexibility index (Phi) is 3.93. The third-order valence-corrected chi connectivity index (χ3v) is 3.66. The average molecular weight is 280 g/mol. The molecule has 1 heterocycles. The number of halogens is 1. The van der Waals surface area contributed by atoms with Crippen molar-refractivity contribution in [2.75, 3.05) is 6.54 Å². The number of hydrogen-bond acceptors (Lipinski definition) is 2. The van der Waals surface area contributed by atoms with Gasteiger partial charge in [0, 0.05) is 10.9 Å². The van der Waals surface area contributed by atoms with Crippen LogP contribution in [0.25, 0.3) is 11.0 Å². The molecule has 0 aliphatic carbocycles. The van der Waals surface area contributed by atoms with Gasteiger partial charge in [-0.15, -0.1) is 0 Å². The Morgan fingerprint density at radius 3 is 2.53 bits per heavy atom. The summed E-state index contributed by atoms with van der Waals surface area (Å²) >= 11 is 6.28. The summed E-state index contributed by atoms with van der Waals surface area (Å²) in [5, 5.41) is 5.20. The van der Waals surface area contributed by atoms with E-state index in [2.05, 4.69) is 46.0 Å². The molecule has 104 valence electrons. The largest absolute Gasteiger partial charge is 0.458 e. The summed E-state index contributed by atoms with van der Waals surface area (Å²) in [5.74, 6) is 1.00. The maximum absolute atomic E-state index is 6.28. The normalized spacial score (nSPS) is 12.3. The quantitative estimate of drug-likeness (QED) is 0.873. The van der Waals surface area contributed by atoms with Gasteiger partial charge in [-0.25, -0.2) is 0 Å². The van der Waals surface area contributed by atoms with Gasteiger partial charge in [-0.1, -0.05) is 45.4 Å². The Bertz CT molecular complexity index is 593. The maximum atomic E-state index is 6.28. The van der Waals surface area contributed by atoms with Crippen LogP contribution >= 0.6 is 11.6 Å². The lowest BCUT2D eigenvalue weighted by molar-refractivity contribution is 0.487. The summed E-state index contributed by atoms with van der Waals surface area (Å²) in [5.41, 5.74) is 3.34. The summed E-state index contributed by atoms with van der Waals surface area (Å²) in [6, 6.07) is 3.97. The Morgan fingerprint density at radius 2 is 1.95 bits per heavy atom. The van der Waals surface area contributed by atoms with Crippen molar-refractivity contribution >= 4 is 22.6 Å². The molecule has 0 amide bonds. The van der Waals surface area contributed by atoms with Gasteiger partial charge in [-0.2, -0.15) is 0 Å². The fourth-order valence-electron chi connectivity index (χ4n) is 2.54. The first-order valence-electron chi connectivity index (χ1n) is 6.78. The van der Waals surface area contributed by atoms with Crippen LogP contribution in [0.2, 0.25) is 5.02 Å². The molecule has 0 saturated carbocycles. The summed E-state index contributed by atoms with van der Waals surface area (Å²) in [7, 11) is 0. The molecular formula is C16H22ClNO. The van der Waals surface area contributed by atoms with Crippen molar-refractivity contribution in [3.05, 3.63) is 34.0 Å². The minimum Gasteiger partial charge on any atom is -0.458 e. The van der Waals surface area contributed by atoms with E-state index in [0.29, 0.717) is 5.02 Å². The molecule has 2 nitrogen and oxygen atoms in total. The van der Waals surface area contributed by atoms with Gasteiger partial charge >= 0.3 is 0 Å². The maximum Gasteiger partial charge on any atom is 0.153 e. The Labute approximate surface area is 120 Å². The molecule has 0 atom stereocenters. The van der Waals surface area contributed by atoms with Crippen LogP contribution in [0.3, 0.4) is 0 Å². The number of benzene rings is 1. The molecule has 1 aromatic carbocycles. The van der Waals surface area contributed by atoms with Crippen molar-refractivity contribution in [2.45, 2.75) is 46.6 Å². The van der Waals surface area contributed by atoms with Crippen molar-refractivity contribution in [3.63, 3.8) is 0 Å². The molecule has 19 heavy (non-hydrogen) atoms. The third-order valence-electron chi connectivity index (χ3n) is 3.36. The fraction of sp³-hybridized carbons (Fsp3) is 0.500. The lowest BCUT2D eigenvalue weighted by Gasteiger charge is -2.20. The van der Waals surface area contributed by atoms with Crippen LogP contribution in [0.1, 0.15) is 44.6 Å². The number of rotatable bonds is 3.